The molecule has 5 nitrogen and oxygen atoms in total. The minimum atomic E-state index is -0.161. The van der Waals surface area contributed by atoms with E-state index in [1.54, 1.807) is 12.1 Å². The van der Waals surface area contributed by atoms with E-state index < -0.39 is 0 Å². The standard InChI is InChI=1S/C22H30N2O3/c1-14(22-10-16-7-17(11-22)9-18(8-16)12-22)23-21(26)13-27-20-6-4-3-5-19(20)24-15(2)25/h3-6,14,16-18H,7-13H2,1-2H3,(H,23,26)(H,24,25)/t14-,16?,17?,18?,22?/m0/s1. The Hall–Kier alpha value is -2.04. The second kappa shape index (κ2) is 7.17. The first-order valence-electron chi connectivity index (χ1n) is 10.2. The van der Waals surface area contributed by atoms with Gasteiger partial charge in [-0.2, -0.15) is 0 Å². The number of amides is 2. The van der Waals surface area contributed by atoms with Crippen LogP contribution < -0.4 is 15.4 Å². The lowest BCUT2D eigenvalue weighted by atomic mass is 9.48. The van der Waals surface area contributed by atoms with E-state index in [0.29, 0.717) is 16.9 Å². The van der Waals surface area contributed by atoms with Crippen LogP contribution in [0.1, 0.15) is 52.4 Å². The highest BCUT2D eigenvalue weighted by molar-refractivity contribution is 5.90. The Balaban J connectivity index is 1.34. The molecule has 0 aliphatic heterocycles. The molecular formula is C22H30N2O3. The van der Waals surface area contributed by atoms with Crippen molar-refractivity contribution in [2.45, 2.75) is 58.4 Å². The summed E-state index contributed by atoms with van der Waals surface area (Å²) in [6.45, 7) is 3.60. The molecule has 1 atom stereocenters. The van der Waals surface area contributed by atoms with Gasteiger partial charge in [0.05, 0.1) is 5.69 Å². The Bertz CT molecular complexity index is 695. The molecule has 0 aromatic heterocycles. The average Bonchev–Trinajstić information content (AvgIpc) is 2.59. The van der Waals surface area contributed by atoms with Gasteiger partial charge in [-0.1, -0.05) is 12.1 Å². The number of carbonyl (C=O) groups excluding carboxylic acids is 2. The van der Waals surface area contributed by atoms with Crippen molar-refractivity contribution >= 4 is 17.5 Å². The summed E-state index contributed by atoms with van der Waals surface area (Å²) in [6.07, 6.45) is 8.03. The van der Waals surface area contributed by atoms with Gasteiger partial charge < -0.3 is 15.4 Å². The van der Waals surface area contributed by atoms with Crippen LogP contribution in [0.15, 0.2) is 24.3 Å². The van der Waals surface area contributed by atoms with Gasteiger partial charge in [-0.25, -0.2) is 0 Å². The van der Waals surface area contributed by atoms with Crippen molar-refractivity contribution in [3.63, 3.8) is 0 Å². The van der Waals surface area contributed by atoms with Crippen molar-refractivity contribution < 1.29 is 14.3 Å². The second-order valence-corrected chi connectivity index (χ2v) is 9.04. The van der Waals surface area contributed by atoms with Crippen LogP contribution in [0.5, 0.6) is 5.75 Å². The highest BCUT2D eigenvalue weighted by atomic mass is 16.5. The van der Waals surface area contributed by atoms with Crippen molar-refractivity contribution in [2.24, 2.45) is 23.2 Å². The Kier molecular flexibility index (Phi) is 4.87. The normalized spacial score (nSPS) is 32.0. The summed E-state index contributed by atoms with van der Waals surface area (Å²) in [6, 6.07) is 7.38. The minimum Gasteiger partial charge on any atom is -0.482 e. The Labute approximate surface area is 161 Å². The zero-order valence-corrected chi connectivity index (χ0v) is 16.3. The maximum atomic E-state index is 12.5. The van der Waals surface area contributed by atoms with E-state index in [1.807, 2.05) is 12.1 Å². The zero-order chi connectivity index (χ0) is 19.0. The number of carbonyl (C=O) groups is 2. The van der Waals surface area contributed by atoms with E-state index in [1.165, 1.54) is 45.4 Å². The topological polar surface area (TPSA) is 67.4 Å². The van der Waals surface area contributed by atoms with Gasteiger partial charge >= 0.3 is 0 Å². The molecule has 2 amide bonds. The molecule has 0 saturated heterocycles. The van der Waals surface area contributed by atoms with Gasteiger partial charge in [0.1, 0.15) is 5.75 Å². The minimum absolute atomic E-state index is 0.0344. The fourth-order valence-electron chi connectivity index (χ4n) is 6.17. The number of hydrogen-bond donors (Lipinski definition) is 2. The SMILES string of the molecule is CC(=O)Nc1ccccc1OCC(=O)N[C@@H](C)C12CC3CC(CC(C3)C1)C2. The number of nitrogens with one attached hydrogen (secondary N) is 2. The molecule has 27 heavy (non-hydrogen) atoms. The molecule has 5 rings (SSSR count). The summed E-state index contributed by atoms with van der Waals surface area (Å²) in [5.74, 6) is 2.89. The third kappa shape index (κ3) is 3.83. The van der Waals surface area contributed by atoms with E-state index in [0.717, 1.165) is 17.8 Å². The fourth-order valence-corrected chi connectivity index (χ4v) is 6.17. The smallest absolute Gasteiger partial charge is 0.258 e. The molecule has 0 spiro atoms. The maximum absolute atomic E-state index is 12.5. The first-order valence-corrected chi connectivity index (χ1v) is 10.2. The second-order valence-electron chi connectivity index (χ2n) is 9.04. The lowest BCUT2D eigenvalue weighted by Gasteiger charge is -2.59. The van der Waals surface area contributed by atoms with Gasteiger partial charge in [-0.15, -0.1) is 0 Å². The van der Waals surface area contributed by atoms with Crippen LogP contribution in [0.4, 0.5) is 5.69 Å². The van der Waals surface area contributed by atoms with Crippen LogP contribution in [-0.4, -0.2) is 24.5 Å². The van der Waals surface area contributed by atoms with Gasteiger partial charge in [0.25, 0.3) is 5.91 Å². The molecule has 0 heterocycles. The molecule has 5 heteroatoms. The molecule has 4 bridgehead atoms. The highest BCUT2D eigenvalue weighted by Gasteiger charge is 2.53. The number of anilines is 1. The zero-order valence-electron chi connectivity index (χ0n) is 16.3. The van der Waals surface area contributed by atoms with Crippen LogP contribution in [-0.2, 0) is 9.59 Å². The van der Waals surface area contributed by atoms with E-state index >= 15 is 0 Å². The molecule has 2 N–H and O–H groups in total. The lowest BCUT2D eigenvalue weighted by Crippen LogP contribution is -2.56. The van der Waals surface area contributed by atoms with Crippen LogP contribution >= 0.6 is 0 Å². The first-order chi connectivity index (χ1) is 12.9. The number of hydrogen-bond acceptors (Lipinski definition) is 3. The molecular weight excluding hydrogens is 340 g/mol. The maximum Gasteiger partial charge on any atom is 0.258 e. The monoisotopic (exact) mass is 370 g/mol. The quantitative estimate of drug-likeness (QED) is 0.801. The van der Waals surface area contributed by atoms with E-state index in [2.05, 4.69) is 17.6 Å². The van der Waals surface area contributed by atoms with Crippen molar-refractivity contribution in [2.75, 3.05) is 11.9 Å². The van der Waals surface area contributed by atoms with E-state index in [-0.39, 0.29) is 24.5 Å². The lowest BCUT2D eigenvalue weighted by molar-refractivity contribution is -0.127. The van der Waals surface area contributed by atoms with Gasteiger partial charge in [0.2, 0.25) is 5.91 Å². The Morgan fingerprint density at radius 2 is 1.70 bits per heavy atom. The first kappa shape index (κ1) is 18.3. The predicted octanol–water partition coefficient (Wildman–Crippen LogP) is 3.74. The molecule has 1 aromatic rings. The van der Waals surface area contributed by atoms with E-state index in [4.69, 9.17) is 4.74 Å². The van der Waals surface area contributed by atoms with Gasteiger partial charge in [0, 0.05) is 13.0 Å². The van der Waals surface area contributed by atoms with Gasteiger partial charge in [0.15, 0.2) is 6.61 Å². The Morgan fingerprint density at radius 1 is 1.11 bits per heavy atom. The van der Waals surface area contributed by atoms with Crippen LogP contribution in [0.3, 0.4) is 0 Å². The number of benzene rings is 1. The van der Waals surface area contributed by atoms with Crippen molar-refractivity contribution in [1.29, 1.82) is 0 Å². The molecule has 4 aliphatic carbocycles. The van der Waals surface area contributed by atoms with Crippen LogP contribution in [0.2, 0.25) is 0 Å². The van der Waals surface area contributed by atoms with Crippen molar-refractivity contribution in [1.82, 2.24) is 5.32 Å². The summed E-state index contributed by atoms with van der Waals surface area (Å²) in [5, 5.41) is 5.95. The van der Waals surface area contributed by atoms with Gasteiger partial charge in [-0.05, 0) is 80.8 Å². The summed E-state index contributed by atoms with van der Waals surface area (Å²) in [4.78, 5) is 23.8. The third-order valence-corrected chi connectivity index (χ3v) is 6.94. The predicted molar refractivity (Wildman–Crippen MR) is 104 cm³/mol. The summed E-state index contributed by atoms with van der Waals surface area (Å²) < 4.78 is 5.69. The number of para-hydroxylation sites is 2. The van der Waals surface area contributed by atoms with Crippen molar-refractivity contribution in [3.05, 3.63) is 24.3 Å². The molecule has 4 saturated carbocycles. The van der Waals surface area contributed by atoms with Gasteiger partial charge in [-0.3, -0.25) is 9.59 Å². The van der Waals surface area contributed by atoms with E-state index in [9.17, 15) is 9.59 Å². The van der Waals surface area contributed by atoms with Crippen LogP contribution in [0, 0.1) is 23.2 Å². The Morgan fingerprint density at radius 3 is 2.30 bits per heavy atom. The summed E-state index contributed by atoms with van der Waals surface area (Å²) >= 11 is 0. The highest BCUT2D eigenvalue weighted by Crippen LogP contribution is 2.61. The number of rotatable bonds is 6. The molecule has 0 unspecified atom stereocenters. The van der Waals surface area contributed by atoms with Crippen LogP contribution in [0.25, 0.3) is 0 Å². The molecule has 0 radical (unpaired) electrons. The third-order valence-electron chi connectivity index (χ3n) is 6.94. The average molecular weight is 370 g/mol. The molecule has 1 aromatic carbocycles. The summed E-state index contributed by atoms with van der Waals surface area (Å²) in [7, 11) is 0. The fraction of sp³-hybridized carbons (Fsp3) is 0.636. The number of ether oxygens (including phenoxy) is 1. The largest absolute Gasteiger partial charge is 0.482 e. The summed E-state index contributed by atoms with van der Waals surface area (Å²) in [5.41, 5.74) is 0.880. The molecule has 4 fully saturated rings. The molecule has 4 aliphatic rings. The van der Waals surface area contributed by atoms with Crippen molar-refractivity contribution in [3.8, 4) is 5.75 Å². The molecule has 146 valence electrons.